The fourth-order valence-corrected chi connectivity index (χ4v) is 3.93. The van der Waals surface area contributed by atoms with Gasteiger partial charge in [0.2, 0.25) is 0 Å². The molecule has 4 aromatic rings. The topological polar surface area (TPSA) is 81.5 Å². The highest BCUT2D eigenvalue weighted by Gasteiger charge is 2.36. The van der Waals surface area contributed by atoms with E-state index in [-0.39, 0.29) is 12.1 Å². The standard InChI is InChI=1S/C25H19N3O4/c1-2-32-17-13-11-16(12-14-17)28-22(26-21-10-6-5-9-20(21)25(28)31)15-27-23(29)18-7-3-4-8-19(18)24(27)30/h3-14H,2,15H2,1H3. The zero-order valence-corrected chi connectivity index (χ0v) is 17.3. The van der Waals surface area contributed by atoms with E-state index in [2.05, 4.69) is 4.98 Å². The van der Waals surface area contributed by atoms with Crippen LogP contribution in [0.2, 0.25) is 0 Å². The van der Waals surface area contributed by atoms with Gasteiger partial charge in [0.1, 0.15) is 11.6 Å². The van der Waals surface area contributed by atoms with Crippen molar-refractivity contribution in [3.8, 4) is 11.4 Å². The molecule has 5 rings (SSSR count). The maximum Gasteiger partial charge on any atom is 0.266 e. The summed E-state index contributed by atoms with van der Waals surface area (Å²) < 4.78 is 6.94. The minimum atomic E-state index is -0.397. The lowest BCUT2D eigenvalue weighted by atomic mass is 10.1. The molecular formula is C25H19N3O4. The molecule has 2 amide bonds. The molecule has 32 heavy (non-hydrogen) atoms. The van der Waals surface area contributed by atoms with Crippen molar-refractivity contribution >= 4 is 22.7 Å². The molecule has 0 spiro atoms. The number of nitrogens with zero attached hydrogens (tertiary/aromatic N) is 3. The quantitative estimate of drug-likeness (QED) is 0.457. The first-order valence-electron chi connectivity index (χ1n) is 10.3. The molecule has 2 heterocycles. The molecule has 0 saturated carbocycles. The van der Waals surface area contributed by atoms with E-state index in [1.165, 1.54) is 4.57 Å². The molecule has 0 bridgehead atoms. The van der Waals surface area contributed by atoms with E-state index >= 15 is 0 Å². The van der Waals surface area contributed by atoms with Gasteiger partial charge < -0.3 is 4.74 Å². The van der Waals surface area contributed by atoms with Gasteiger partial charge >= 0.3 is 0 Å². The van der Waals surface area contributed by atoms with Gasteiger partial charge in [0, 0.05) is 0 Å². The highest BCUT2D eigenvalue weighted by atomic mass is 16.5. The molecule has 1 aliphatic rings. The third-order valence-electron chi connectivity index (χ3n) is 5.43. The van der Waals surface area contributed by atoms with Crippen molar-refractivity contribution in [2.75, 3.05) is 6.61 Å². The Morgan fingerprint density at radius 1 is 0.812 bits per heavy atom. The number of amides is 2. The Hall–Kier alpha value is -4.26. The van der Waals surface area contributed by atoms with Crippen molar-refractivity contribution < 1.29 is 14.3 Å². The Morgan fingerprint density at radius 3 is 2.09 bits per heavy atom. The van der Waals surface area contributed by atoms with Crippen molar-refractivity contribution in [1.82, 2.24) is 14.5 Å². The lowest BCUT2D eigenvalue weighted by molar-refractivity contribution is 0.0637. The summed E-state index contributed by atoms with van der Waals surface area (Å²) in [7, 11) is 0. The Labute approximate surface area is 183 Å². The van der Waals surface area contributed by atoms with E-state index in [1.807, 2.05) is 6.92 Å². The summed E-state index contributed by atoms with van der Waals surface area (Å²) in [5.41, 5.74) is 1.52. The normalized spacial score (nSPS) is 13.0. The first-order valence-corrected chi connectivity index (χ1v) is 10.3. The molecule has 0 unspecified atom stereocenters. The fourth-order valence-electron chi connectivity index (χ4n) is 3.93. The smallest absolute Gasteiger partial charge is 0.266 e. The number of carbonyl (C=O) groups is 2. The average Bonchev–Trinajstić information content (AvgIpc) is 3.05. The molecule has 158 valence electrons. The summed E-state index contributed by atoms with van der Waals surface area (Å²) in [6.07, 6.45) is 0. The molecule has 1 aromatic heterocycles. The van der Waals surface area contributed by atoms with Crippen LogP contribution in [-0.4, -0.2) is 32.9 Å². The molecule has 3 aromatic carbocycles. The zero-order chi connectivity index (χ0) is 22.2. The summed E-state index contributed by atoms with van der Waals surface area (Å²) in [6, 6.07) is 20.8. The summed E-state index contributed by atoms with van der Waals surface area (Å²) in [6.45, 7) is 2.30. The van der Waals surface area contributed by atoms with E-state index < -0.39 is 11.8 Å². The third-order valence-corrected chi connectivity index (χ3v) is 5.43. The number of carbonyl (C=O) groups excluding carboxylic acids is 2. The van der Waals surface area contributed by atoms with Crippen molar-refractivity contribution in [2.45, 2.75) is 13.5 Å². The van der Waals surface area contributed by atoms with Gasteiger partial charge in [-0.15, -0.1) is 0 Å². The molecule has 7 heteroatoms. The van der Waals surface area contributed by atoms with E-state index in [9.17, 15) is 14.4 Å². The second-order valence-electron chi connectivity index (χ2n) is 7.35. The molecule has 0 N–H and O–H groups in total. The lowest BCUT2D eigenvalue weighted by Crippen LogP contribution is -2.33. The number of ether oxygens (including phenoxy) is 1. The van der Waals surface area contributed by atoms with Crippen LogP contribution in [0.25, 0.3) is 16.6 Å². The number of hydrogen-bond donors (Lipinski definition) is 0. The second-order valence-corrected chi connectivity index (χ2v) is 7.35. The molecule has 0 saturated heterocycles. The summed E-state index contributed by atoms with van der Waals surface area (Å²) in [4.78, 5) is 45.0. The average molecular weight is 425 g/mol. The predicted octanol–water partition coefficient (Wildman–Crippen LogP) is 3.58. The predicted molar refractivity (Wildman–Crippen MR) is 119 cm³/mol. The number of para-hydroxylation sites is 1. The molecule has 0 fully saturated rings. The molecule has 7 nitrogen and oxygen atoms in total. The first kappa shape index (κ1) is 19.7. The number of rotatable bonds is 5. The van der Waals surface area contributed by atoms with Gasteiger partial charge in [0.25, 0.3) is 17.4 Å². The SMILES string of the molecule is CCOc1ccc(-n2c(CN3C(=O)c4ccccc4C3=O)nc3ccccc3c2=O)cc1. The van der Waals surface area contributed by atoms with Gasteiger partial charge in [-0.1, -0.05) is 24.3 Å². The van der Waals surface area contributed by atoms with Crippen LogP contribution in [0.4, 0.5) is 0 Å². The van der Waals surface area contributed by atoms with Crippen LogP contribution in [0, 0.1) is 0 Å². The summed E-state index contributed by atoms with van der Waals surface area (Å²) >= 11 is 0. The Balaban J connectivity index is 1.64. The first-order chi connectivity index (χ1) is 15.6. The lowest BCUT2D eigenvalue weighted by Gasteiger charge is -2.18. The molecular weight excluding hydrogens is 406 g/mol. The maximum absolute atomic E-state index is 13.4. The van der Waals surface area contributed by atoms with Crippen molar-refractivity contribution in [2.24, 2.45) is 0 Å². The highest BCUT2D eigenvalue weighted by molar-refractivity contribution is 6.21. The van der Waals surface area contributed by atoms with E-state index in [0.717, 1.165) is 4.90 Å². The number of hydrogen-bond acceptors (Lipinski definition) is 5. The van der Waals surface area contributed by atoms with Gasteiger partial charge in [-0.2, -0.15) is 0 Å². The van der Waals surface area contributed by atoms with Crippen LogP contribution >= 0.6 is 0 Å². The van der Waals surface area contributed by atoms with E-state index in [4.69, 9.17) is 4.74 Å². The largest absolute Gasteiger partial charge is 0.494 e. The Morgan fingerprint density at radius 2 is 1.44 bits per heavy atom. The van der Waals surface area contributed by atoms with Crippen LogP contribution in [0.15, 0.2) is 77.6 Å². The van der Waals surface area contributed by atoms with Gasteiger partial charge in [-0.05, 0) is 55.5 Å². The van der Waals surface area contributed by atoms with Gasteiger partial charge in [-0.25, -0.2) is 4.98 Å². The van der Waals surface area contributed by atoms with Gasteiger partial charge in [-0.3, -0.25) is 23.9 Å². The Bertz CT molecular complexity index is 1390. The van der Waals surface area contributed by atoms with Crippen LogP contribution in [0.5, 0.6) is 5.75 Å². The van der Waals surface area contributed by atoms with Crippen LogP contribution in [0.1, 0.15) is 33.5 Å². The summed E-state index contributed by atoms with van der Waals surface area (Å²) in [5, 5.41) is 0.451. The number of imide groups is 1. The second kappa shape index (κ2) is 7.77. The van der Waals surface area contributed by atoms with Crippen LogP contribution in [-0.2, 0) is 6.54 Å². The number of aromatic nitrogens is 2. The maximum atomic E-state index is 13.4. The molecule has 0 atom stereocenters. The van der Waals surface area contributed by atoms with Crippen molar-refractivity contribution in [3.63, 3.8) is 0 Å². The summed E-state index contributed by atoms with van der Waals surface area (Å²) in [5.74, 6) is 0.185. The van der Waals surface area contributed by atoms with Crippen molar-refractivity contribution in [1.29, 1.82) is 0 Å². The minimum Gasteiger partial charge on any atom is -0.494 e. The van der Waals surface area contributed by atoms with E-state index in [1.54, 1.807) is 72.8 Å². The number of fused-ring (bicyclic) bond motifs is 2. The third kappa shape index (κ3) is 3.15. The highest BCUT2D eigenvalue weighted by Crippen LogP contribution is 2.25. The Kier molecular flexibility index (Phi) is 4.78. The van der Waals surface area contributed by atoms with Crippen molar-refractivity contribution in [3.05, 3.63) is 100 Å². The fraction of sp³-hybridized carbons (Fsp3) is 0.120. The van der Waals surface area contributed by atoms with Gasteiger partial charge in [0.15, 0.2) is 0 Å². The van der Waals surface area contributed by atoms with Crippen LogP contribution < -0.4 is 10.3 Å². The molecule has 0 aliphatic carbocycles. The number of benzene rings is 3. The molecule has 0 radical (unpaired) electrons. The van der Waals surface area contributed by atoms with Gasteiger partial charge in [0.05, 0.1) is 40.9 Å². The van der Waals surface area contributed by atoms with Crippen LogP contribution in [0.3, 0.4) is 0 Å². The minimum absolute atomic E-state index is 0.125. The monoisotopic (exact) mass is 425 g/mol. The van der Waals surface area contributed by atoms with E-state index in [0.29, 0.717) is 45.9 Å². The molecule has 1 aliphatic heterocycles. The zero-order valence-electron chi connectivity index (χ0n) is 17.3.